The summed E-state index contributed by atoms with van der Waals surface area (Å²) in [4.78, 5) is 3.83. The zero-order valence-corrected chi connectivity index (χ0v) is 12.2. The van der Waals surface area contributed by atoms with E-state index in [-0.39, 0.29) is 12.1 Å². The van der Waals surface area contributed by atoms with E-state index in [1.54, 1.807) is 11.3 Å². The topological polar surface area (TPSA) is 35.5 Å². The minimum atomic E-state index is -0.0740. The van der Waals surface area contributed by atoms with Gasteiger partial charge in [0, 0.05) is 36.1 Å². The highest BCUT2D eigenvalue weighted by molar-refractivity contribution is 7.09. The lowest BCUT2D eigenvalue weighted by atomic mass is 9.87. The van der Waals surface area contributed by atoms with Crippen LogP contribution in [0.3, 0.4) is 0 Å². The molecule has 0 unspecified atom stereocenters. The first-order valence-corrected chi connectivity index (χ1v) is 7.65. The lowest BCUT2D eigenvalue weighted by Crippen LogP contribution is -2.56. The van der Waals surface area contributed by atoms with Gasteiger partial charge in [-0.15, -0.1) is 11.3 Å². The molecule has 0 saturated carbocycles. The molecule has 0 amide bonds. The third-order valence-corrected chi connectivity index (χ3v) is 4.88. The maximum atomic E-state index is 9.72. The second-order valence-electron chi connectivity index (χ2n) is 5.50. The molecule has 3 nitrogen and oxygen atoms in total. The van der Waals surface area contributed by atoms with Crippen LogP contribution < -0.4 is 5.32 Å². The number of piperidine rings is 1. The highest BCUT2D eigenvalue weighted by Gasteiger charge is 2.34. The third kappa shape index (κ3) is 3.32. The van der Waals surface area contributed by atoms with Gasteiger partial charge in [-0.1, -0.05) is 6.07 Å². The fraction of sp³-hybridized carbons (Fsp3) is 0.714. The number of thiophene rings is 1. The summed E-state index contributed by atoms with van der Waals surface area (Å²) in [5, 5.41) is 15.4. The average Bonchev–Trinajstić information content (AvgIpc) is 2.90. The molecule has 0 bridgehead atoms. The van der Waals surface area contributed by atoms with Gasteiger partial charge in [0.25, 0.3) is 0 Å². The monoisotopic (exact) mass is 268 g/mol. The summed E-state index contributed by atoms with van der Waals surface area (Å²) in [7, 11) is 0. The number of aliphatic hydroxyl groups is 1. The molecular weight excluding hydrogens is 244 g/mol. The quantitative estimate of drug-likeness (QED) is 0.858. The summed E-state index contributed by atoms with van der Waals surface area (Å²) in [5.74, 6) is 0. The van der Waals surface area contributed by atoms with E-state index >= 15 is 0 Å². The molecule has 1 aromatic rings. The number of rotatable bonds is 5. The van der Waals surface area contributed by atoms with Gasteiger partial charge in [0.1, 0.15) is 0 Å². The molecule has 1 aromatic heterocycles. The highest BCUT2D eigenvalue weighted by atomic mass is 32.1. The maximum Gasteiger partial charge on any atom is 0.0614 e. The molecule has 102 valence electrons. The molecule has 0 atom stereocenters. The van der Waals surface area contributed by atoms with Crippen molar-refractivity contribution in [3.05, 3.63) is 22.4 Å². The number of nitrogens with zero attached hydrogens (tertiary/aromatic N) is 1. The Labute approximate surface area is 114 Å². The van der Waals surface area contributed by atoms with E-state index in [1.807, 2.05) is 0 Å². The fourth-order valence-electron chi connectivity index (χ4n) is 2.55. The van der Waals surface area contributed by atoms with E-state index in [9.17, 15) is 5.11 Å². The molecule has 1 aliphatic heterocycles. The molecular formula is C14H24N2OS. The lowest BCUT2D eigenvalue weighted by Gasteiger charge is -2.42. The van der Waals surface area contributed by atoms with E-state index in [0.717, 1.165) is 32.5 Å². The summed E-state index contributed by atoms with van der Waals surface area (Å²) in [6.07, 6.45) is 2.07. The zero-order valence-electron chi connectivity index (χ0n) is 11.4. The predicted molar refractivity (Wildman–Crippen MR) is 76.9 cm³/mol. The Kier molecular flexibility index (Phi) is 4.78. The molecule has 0 radical (unpaired) electrons. The van der Waals surface area contributed by atoms with Crippen LogP contribution in [0, 0.1) is 0 Å². The van der Waals surface area contributed by atoms with Crippen LogP contribution in [0.15, 0.2) is 17.5 Å². The SMILES string of the molecule is CC(C)N1CCC(CO)(NCc2cccs2)CC1. The van der Waals surface area contributed by atoms with Crippen molar-refractivity contribution in [2.75, 3.05) is 19.7 Å². The Balaban J connectivity index is 1.88. The summed E-state index contributed by atoms with van der Waals surface area (Å²) in [6, 6.07) is 4.83. The molecule has 4 heteroatoms. The van der Waals surface area contributed by atoms with Crippen molar-refractivity contribution < 1.29 is 5.11 Å². The molecule has 2 N–H and O–H groups in total. The van der Waals surface area contributed by atoms with E-state index in [4.69, 9.17) is 0 Å². The van der Waals surface area contributed by atoms with Crippen LogP contribution in [0.5, 0.6) is 0 Å². The molecule has 0 spiro atoms. The number of likely N-dealkylation sites (tertiary alicyclic amines) is 1. The van der Waals surface area contributed by atoms with Gasteiger partial charge in [-0.25, -0.2) is 0 Å². The van der Waals surface area contributed by atoms with Crippen LogP contribution in [0.2, 0.25) is 0 Å². The van der Waals surface area contributed by atoms with Gasteiger partial charge < -0.3 is 15.3 Å². The first-order chi connectivity index (χ1) is 8.65. The van der Waals surface area contributed by atoms with E-state index in [0.29, 0.717) is 6.04 Å². The highest BCUT2D eigenvalue weighted by Crippen LogP contribution is 2.24. The minimum Gasteiger partial charge on any atom is -0.394 e. The predicted octanol–water partition coefficient (Wildman–Crippen LogP) is 2.07. The van der Waals surface area contributed by atoms with Crippen molar-refractivity contribution in [3.63, 3.8) is 0 Å². The summed E-state index contributed by atoms with van der Waals surface area (Å²) in [5.41, 5.74) is -0.0740. The third-order valence-electron chi connectivity index (χ3n) is 4.01. The minimum absolute atomic E-state index is 0.0740. The van der Waals surface area contributed by atoms with Crippen molar-refractivity contribution in [1.82, 2.24) is 10.2 Å². The molecule has 0 aromatic carbocycles. The van der Waals surface area contributed by atoms with Crippen LogP contribution >= 0.6 is 11.3 Å². The van der Waals surface area contributed by atoms with Gasteiger partial charge in [-0.05, 0) is 38.1 Å². The Bertz CT molecular complexity index is 343. The second-order valence-corrected chi connectivity index (χ2v) is 6.53. The Hall–Kier alpha value is -0.420. The molecule has 0 aliphatic carbocycles. The normalized spacial score (nSPS) is 20.4. The van der Waals surface area contributed by atoms with Crippen LogP contribution in [0.1, 0.15) is 31.6 Å². The number of hydrogen-bond acceptors (Lipinski definition) is 4. The lowest BCUT2D eigenvalue weighted by molar-refractivity contribution is 0.0644. The zero-order chi connectivity index (χ0) is 13.0. The average molecular weight is 268 g/mol. The van der Waals surface area contributed by atoms with Crippen LogP contribution in [-0.4, -0.2) is 41.3 Å². The van der Waals surface area contributed by atoms with Crippen molar-refractivity contribution in [2.24, 2.45) is 0 Å². The smallest absolute Gasteiger partial charge is 0.0614 e. The van der Waals surface area contributed by atoms with Crippen molar-refractivity contribution in [2.45, 2.75) is 44.8 Å². The van der Waals surface area contributed by atoms with Crippen molar-refractivity contribution in [3.8, 4) is 0 Å². The van der Waals surface area contributed by atoms with Gasteiger partial charge in [0.05, 0.1) is 6.61 Å². The van der Waals surface area contributed by atoms with Gasteiger partial charge in [0.2, 0.25) is 0 Å². The number of aliphatic hydroxyl groups excluding tert-OH is 1. The van der Waals surface area contributed by atoms with Crippen molar-refractivity contribution in [1.29, 1.82) is 0 Å². The molecule has 1 saturated heterocycles. The van der Waals surface area contributed by atoms with Gasteiger partial charge in [0.15, 0.2) is 0 Å². The van der Waals surface area contributed by atoms with E-state index in [2.05, 4.69) is 41.6 Å². The largest absolute Gasteiger partial charge is 0.394 e. The molecule has 2 heterocycles. The van der Waals surface area contributed by atoms with E-state index in [1.165, 1.54) is 4.88 Å². The van der Waals surface area contributed by atoms with Crippen LogP contribution in [0.25, 0.3) is 0 Å². The van der Waals surface area contributed by atoms with E-state index < -0.39 is 0 Å². The molecule has 1 aliphatic rings. The summed E-state index contributed by atoms with van der Waals surface area (Å²) >= 11 is 1.77. The second kappa shape index (κ2) is 6.15. The number of hydrogen-bond donors (Lipinski definition) is 2. The Morgan fingerprint density at radius 3 is 2.67 bits per heavy atom. The number of nitrogens with one attached hydrogen (secondary N) is 1. The molecule has 18 heavy (non-hydrogen) atoms. The molecule has 1 fully saturated rings. The van der Waals surface area contributed by atoms with Crippen molar-refractivity contribution >= 4 is 11.3 Å². The summed E-state index contributed by atoms with van der Waals surface area (Å²) < 4.78 is 0. The van der Waals surface area contributed by atoms with Crippen LogP contribution in [-0.2, 0) is 6.54 Å². The molecule has 2 rings (SSSR count). The summed E-state index contributed by atoms with van der Waals surface area (Å²) in [6.45, 7) is 7.76. The fourth-order valence-corrected chi connectivity index (χ4v) is 3.19. The van der Waals surface area contributed by atoms with Gasteiger partial charge in [-0.3, -0.25) is 0 Å². The maximum absolute atomic E-state index is 9.72. The Morgan fingerprint density at radius 1 is 1.44 bits per heavy atom. The van der Waals surface area contributed by atoms with Gasteiger partial charge in [-0.2, -0.15) is 0 Å². The van der Waals surface area contributed by atoms with Crippen LogP contribution in [0.4, 0.5) is 0 Å². The Morgan fingerprint density at radius 2 is 2.17 bits per heavy atom. The van der Waals surface area contributed by atoms with Gasteiger partial charge >= 0.3 is 0 Å². The first-order valence-electron chi connectivity index (χ1n) is 6.77. The first kappa shape index (κ1) is 14.0. The standard InChI is InChI=1S/C14H24N2OS/c1-12(2)16-7-5-14(11-17,6-8-16)15-10-13-4-3-9-18-13/h3-4,9,12,15,17H,5-8,10-11H2,1-2H3.